The molecule has 0 spiro atoms. The fourth-order valence-electron chi connectivity index (χ4n) is 4.22. The summed E-state index contributed by atoms with van der Waals surface area (Å²) in [7, 11) is 3.12. The van der Waals surface area contributed by atoms with E-state index in [1.807, 2.05) is 0 Å². The van der Waals surface area contributed by atoms with E-state index in [1.165, 1.54) is 89.6 Å². The average Bonchev–Trinajstić information content (AvgIpc) is 3.90. The zero-order chi connectivity index (χ0) is 39.0. The van der Waals surface area contributed by atoms with Crippen molar-refractivity contribution in [2.45, 2.75) is 0 Å². The summed E-state index contributed by atoms with van der Waals surface area (Å²) in [5.74, 6) is -1.73. The second-order valence-electron chi connectivity index (χ2n) is 10.1. The van der Waals surface area contributed by atoms with Crippen molar-refractivity contribution >= 4 is 69.2 Å². The molecule has 0 radical (unpaired) electrons. The molecular weight excluding hydrogens is 767 g/mol. The number of H-pyrrole nitrogens is 1. The lowest BCUT2D eigenvalue weighted by atomic mass is 10.1. The van der Waals surface area contributed by atoms with Gasteiger partial charge in [-0.05, 0) is 36.4 Å². The molecule has 0 fully saturated rings. The van der Waals surface area contributed by atoms with Crippen molar-refractivity contribution in [1.82, 2.24) is 45.4 Å². The Hall–Kier alpha value is -6.84. The van der Waals surface area contributed by atoms with Crippen molar-refractivity contribution in [2.75, 3.05) is 0 Å². The van der Waals surface area contributed by atoms with Crippen molar-refractivity contribution in [2.24, 2.45) is 14.1 Å². The van der Waals surface area contributed by atoms with E-state index in [0.717, 1.165) is 0 Å². The molecule has 0 bridgehead atoms. The fourth-order valence-corrected chi connectivity index (χ4v) is 4.74. The van der Waals surface area contributed by atoms with Crippen LogP contribution in [-0.2, 0) is 14.1 Å². The Balaban J connectivity index is 0.000000178. The molecular formula is C29H19Cl3N12O9. The van der Waals surface area contributed by atoms with Crippen LogP contribution in [0.25, 0.3) is 0 Å². The third-order valence-electron chi connectivity index (χ3n) is 6.63. The quantitative estimate of drug-likeness (QED) is 0.117. The number of nitrogens with one attached hydrogen (secondary N) is 1. The van der Waals surface area contributed by atoms with Gasteiger partial charge < -0.3 is 0 Å². The topological polar surface area (TPSA) is 284 Å². The molecule has 3 heterocycles. The minimum atomic E-state index is -0.649. The Morgan fingerprint density at radius 1 is 0.660 bits per heavy atom. The number of benzene rings is 3. The van der Waals surface area contributed by atoms with Gasteiger partial charge in [-0.3, -0.25) is 49.4 Å². The van der Waals surface area contributed by atoms with E-state index in [-0.39, 0.29) is 65.9 Å². The number of hydrogen-bond acceptors (Lipinski definition) is 15. The Morgan fingerprint density at radius 3 is 1.47 bits per heavy atom. The Kier molecular flexibility index (Phi) is 12.4. The molecule has 0 saturated carbocycles. The molecule has 3 aromatic heterocycles. The zero-order valence-electron chi connectivity index (χ0n) is 26.7. The molecule has 24 heteroatoms. The largest absolute Gasteiger partial charge is 0.287 e. The second-order valence-corrected chi connectivity index (χ2v) is 11.4. The molecule has 270 valence electrons. The smallest absolute Gasteiger partial charge is 0.280 e. The van der Waals surface area contributed by atoms with Gasteiger partial charge in [-0.25, -0.2) is 4.68 Å². The number of nitrogens with zero attached hydrogens (tertiary/aromatic N) is 11. The third kappa shape index (κ3) is 9.49. The average molecular weight is 786 g/mol. The summed E-state index contributed by atoms with van der Waals surface area (Å²) in [5, 5.41) is 56.9. The van der Waals surface area contributed by atoms with Gasteiger partial charge in [0.05, 0.1) is 33.4 Å². The Morgan fingerprint density at radius 2 is 1.11 bits per heavy atom. The van der Waals surface area contributed by atoms with Crippen LogP contribution in [0.4, 0.5) is 17.1 Å². The van der Waals surface area contributed by atoms with E-state index in [4.69, 9.17) is 34.8 Å². The molecule has 0 unspecified atom stereocenters. The summed E-state index contributed by atoms with van der Waals surface area (Å²) in [6.45, 7) is 0. The standard InChI is InChI=1S/2C10H7ClN4O3.C9H5ClN4O3/c1-14-5-8(12-13-14)10(16)7-4-6(11)2-3-9(7)15(17)18;1-14-9(5-12-13-14)10(16)7-4-6(11)2-3-8(7)15(17)18;10-5-1-2-8(14(16)17)6(3-5)9(15)7-4-11-13-12-7/h2*2-5H,1H3;1-4H,(H,11,12,13). The molecule has 6 rings (SSSR count). The number of carbonyl (C=O) groups excluding carboxylic acids is 3. The summed E-state index contributed by atoms with van der Waals surface area (Å²) in [4.78, 5) is 66.7. The van der Waals surface area contributed by atoms with Crippen LogP contribution < -0.4 is 0 Å². The molecule has 53 heavy (non-hydrogen) atoms. The Bertz CT molecular complexity index is 2380. The Labute approximate surface area is 309 Å². The SMILES string of the molecule is Cn1cc(C(=O)c2cc(Cl)ccc2[N+](=O)[O-])nn1.Cn1nncc1C(=O)c1cc(Cl)ccc1[N+](=O)[O-].O=C(c1cn[nH]n1)c1cc(Cl)ccc1[N+](=O)[O-]. The number of halogens is 3. The van der Waals surface area contributed by atoms with Gasteiger partial charge in [0.25, 0.3) is 17.1 Å². The zero-order valence-corrected chi connectivity index (χ0v) is 28.9. The van der Waals surface area contributed by atoms with E-state index in [1.54, 1.807) is 7.05 Å². The van der Waals surface area contributed by atoms with Crippen LogP contribution in [0.5, 0.6) is 0 Å². The highest BCUT2D eigenvalue weighted by Gasteiger charge is 2.26. The summed E-state index contributed by atoms with van der Waals surface area (Å²) < 4.78 is 2.58. The number of nitro groups is 3. The summed E-state index contributed by atoms with van der Waals surface area (Å²) in [6.07, 6.45) is 3.81. The lowest BCUT2D eigenvalue weighted by molar-refractivity contribution is -0.385. The lowest BCUT2D eigenvalue weighted by Crippen LogP contribution is -2.10. The van der Waals surface area contributed by atoms with E-state index >= 15 is 0 Å². The highest BCUT2D eigenvalue weighted by atomic mass is 35.5. The van der Waals surface area contributed by atoms with Crippen LogP contribution in [0.1, 0.15) is 48.2 Å². The summed E-state index contributed by atoms with van der Waals surface area (Å²) >= 11 is 17.2. The number of hydrogen-bond donors (Lipinski definition) is 1. The first-order valence-corrected chi connectivity index (χ1v) is 15.2. The third-order valence-corrected chi connectivity index (χ3v) is 7.34. The fraction of sp³-hybridized carbons (Fsp3) is 0.0690. The molecule has 1 N–H and O–H groups in total. The van der Waals surface area contributed by atoms with Gasteiger partial charge in [0.2, 0.25) is 17.3 Å². The highest BCUT2D eigenvalue weighted by molar-refractivity contribution is 6.32. The van der Waals surface area contributed by atoms with Gasteiger partial charge in [0.1, 0.15) is 22.4 Å². The molecule has 0 aliphatic heterocycles. The van der Waals surface area contributed by atoms with Crippen molar-refractivity contribution in [1.29, 1.82) is 0 Å². The number of nitro benzene ring substituents is 3. The molecule has 0 saturated heterocycles. The van der Waals surface area contributed by atoms with Gasteiger partial charge in [-0.2, -0.15) is 15.4 Å². The number of ketones is 3. The van der Waals surface area contributed by atoms with Crippen LogP contribution in [0.3, 0.4) is 0 Å². The lowest BCUT2D eigenvalue weighted by Gasteiger charge is -2.02. The number of rotatable bonds is 9. The van der Waals surface area contributed by atoms with Crippen molar-refractivity contribution in [3.8, 4) is 0 Å². The van der Waals surface area contributed by atoms with E-state index in [9.17, 15) is 44.7 Å². The van der Waals surface area contributed by atoms with Crippen molar-refractivity contribution < 1.29 is 29.2 Å². The van der Waals surface area contributed by atoms with Crippen LogP contribution in [0.15, 0.2) is 73.2 Å². The van der Waals surface area contributed by atoms with Crippen molar-refractivity contribution in [3.63, 3.8) is 0 Å². The molecule has 3 aromatic carbocycles. The first-order valence-electron chi connectivity index (χ1n) is 14.1. The minimum Gasteiger partial charge on any atom is -0.287 e. The van der Waals surface area contributed by atoms with Gasteiger partial charge in [-0.15, -0.1) is 10.2 Å². The second kappa shape index (κ2) is 16.9. The summed E-state index contributed by atoms with van der Waals surface area (Å²) in [6, 6.07) is 11.4. The number of carbonyl (C=O) groups is 3. The minimum absolute atomic E-state index is 0.00429. The van der Waals surface area contributed by atoms with E-state index in [2.05, 4.69) is 36.0 Å². The molecule has 0 aliphatic rings. The van der Waals surface area contributed by atoms with Gasteiger partial charge >= 0.3 is 0 Å². The van der Waals surface area contributed by atoms with Gasteiger partial charge in [0, 0.05) is 47.4 Å². The molecule has 0 aliphatic carbocycles. The monoisotopic (exact) mass is 784 g/mol. The van der Waals surface area contributed by atoms with Crippen LogP contribution in [0, 0.1) is 30.3 Å². The van der Waals surface area contributed by atoms with E-state index < -0.39 is 32.1 Å². The molecule has 0 atom stereocenters. The van der Waals surface area contributed by atoms with Crippen LogP contribution in [-0.4, -0.2) is 77.5 Å². The van der Waals surface area contributed by atoms with Crippen molar-refractivity contribution in [3.05, 3.63) is 152 Å². The first-order chi connectivity index (χ1) is 25.1. The number of aromatic nitrogens is 9. The van der Waals surface area contributed by atoms with E-state index in [0.29, 0.717) is 0 Å². The van der Waals surface area contributed by atoms with Gasteiger partial charge in [0.15, 0.2) is 11.4 Å². The van der Waals surface area contributed by atoms with Crippen LogP contribution >= 0.6 is 34.8 Å². The van der Waals surface area contributed by atoms with Gasteiger partial charge in [-0.1, -0.05) is 45.2 Å². The summed E-state index contributed by atoms with van der Waals surface area (Å²) in [5.41, 5.74) is -1.05. The highest BCUT2D eigenvalue weighted by Crippen LogP contribution is 2.27. The predicted octanol–water partition coefficient (Wildman–Crippen LogP) is 4.81. The maximum atomic E-state index is 12.1. The predicted molar refractivity (Wildman–Crippen MR) is 183 cm³/mol. The first kappa shape index (κ1) is 39.0. The molecule has 0 amide bonds. The normalized spacial score (nSPS) is 10.3. The van der Waals surface area contributed by atoms with Crippen LogP contribution in [0.2, 0.25) is 15.1 Å². The molecule has 6 aromatic rings. The molecule has 21 nitrogen and oxygen atoms in total. The maximum absolute atomic E-state index is 12.1. The maximum Gasteiger partial charge on any atom is 0.280 e. The number of aryl methyl sites for hydroxylation is 2. The number of aromatic amines is 1.